The Kier molecular flexibility index (Phi) is 13.8. The van der Waals surface area contributed by atoms with Crippen LogP contribution in [0.25, 0.3) is 0 Å². The van der Waals surface area contributed by atoms with Gasteiger partial charge in [-0.25, -0.2) is 4.79 Å². The molecule has 0 radical (unpaired) electrons. The number of likely N-dealkylation sites (tertiary alicyclic amines) is 2. The Balaban J connectivity index is 0.000000312. The molecule has 1 aromatic rings. The number of carbonyl (C=O) groups excluding carboxylic acids is 1. The minimum absolute atomic E-state index is 0.00463. The molecule has 6 atom stereocenters. The van der Waals surface area contributed by atoms with Crippen LogP contribution in [-0.2, 0) is 23.7 Å². The van der Waals surface area contributed by atoms with Crippen molar-refractivity contribution in [3.05, 3.63) is 29.8 Å². The molecule has 2 fully saturated rings. The topological polar surface area (TPSA) is 99.2 Å². The lowest BCUT2D eigenvalue weighted by molar-refractivity contribution is -0.0456. The van der Waals surface area contributed by atoms with Crippen LogP contribution in [0, 0.1) is 0 Å². The SMILES string of the molecule is CCOC(=O)c1ccc(OC[C@@H]2[C@@H](OCC)[C@H](OC)CN2C)cc1.CCO[C@@H]1[C@@H](CO)N(C)C[C@H]1OC. The Morgan fingerprint density at radius 2 is 1.38 bits per heavy atom. The van der Waals surface area contributed by atoms with Gasteiger partial charge in [-0.05, 0) is 59.1 Å². The van der Waals surface area contributed by atoms with E-state index >= 15 is 0 Å². The van der Waals surface area contributed by atoms with E-state index in [1.54, 1.807) is 45.4 Å². The number of nitrogens with zero attached hydrogens (tertiary/aromatic N) is 2. The number of hydrogen-bond acceptors (Lipinski definition) is 10. The number of carbonyl (C=O) groups is 1. The van der Waals surface area contributed by atoms with Crippen LogP contribution in [0.4, 0.5) is 0 Å². The maximum absolute atomic E-state index is 11.6. The zero-order valence-electron chi connectivity index (χ0n) is 23.4. The van der Waals surface area contributed by atoms with Gasteiger partial charge < -0.3 is 33.5 Å². The zero-order chi connectivity index (χ0) is 27.4. The molecule has 2 heterocycles. The third kappa shape index (κ3) is 8.61. The molecule has 1 aromatic carbocycles. The summed E-state index contributed by atoms with van der Waals surface area (Å²) in [5.74, 6) is 0.395. The number of ether oxygens (including phenoxy) is 6. The third-order valence-electron chi connectivity index (χ3n) is 6.86. The highest BCUT2D eigenvalue weighted by molar-refractivity contribution is 5.89. The van der Waals surface area contributed by atoms with Crippen molar-refractivity contribution in [2.24, 2.45) is 0 Å². The van der Waals surface area contributed by atoms with E-state index in [-0.39, 0.29) is 49.1 Å². The monoisotopic (exact) mass is 526 g/mol. The number of hydrogen-bond donors (Lipinski definition) is 1. The molecule has 2 aliphatic rings. The van der Waals surface area contributed by atoms with E-state index < -0.39 is 0 Å². The molecule has 3 rings (SSSR count). The van der Waals surface area contributed by atoms with Gasteiger partial charge in [0.05, 0.1) is 43.1 Å². The van der Waals surface area contributed by atoms with Crippen molar-refractivity contribution >= 4 is 5.97 Å². The maximum Gasteiger partial charge on any atom is 0.338 e. The molecule has 0 amide bonds. The second-order valence-corrected chi connectivity index (χ2v) is 9.14. The van der Waals surface area contributed by atoms with E-state index in [1.807, 2.05) is 27.9 Å². The van der Waals surface area contributed by atoms with Crippen LogP contribution in [0.5, 0.6) is 5.75 Å². The van der Waals surface area contributed by atoms with E-state index in [0.717, 1.165) is 13.1 Å². The molecule has 0 aromatic heterocycles. The number of esters is 1. The molecular formula is C27H46N2O8. The first-order valence-electron chi connectivity index (χ1n) is 13.0. The predicted molar refractivity (Wildman–Crippen MR) is 140 cm³/mol. The van der Waals surface area contributed by atoms with E-state index in [9.17, 15) is 4.79 Å². The Morgan fingerprint density at radius 3 is 1.84 bits per heavy atom. The van der Waals surface area contributed by atoms with Gasteiger partial charge >= 0.3 is 5.97 Å². The minimum Gasteiger partial charge on any atom is -0.492 e. The van der Waals surface area contributed by atoms with Gasteiger partial charge in [0.25, 0.3) is 0 Å². The van der Waals surface area contributed by atoms with E-state index in [2.05, 4.69) is 9.80 Å². The van der Waals surface area contributed by atoms with Gasteiger partial charge in [-0.3, -0.25) is 9.80 Å². The highest BCUT2D eigenvalue weighted by atomic mass is 16.5. The van der Waals surface area contributed by atoms with Crippen molar-refractivity contribution in [2.45, 2.75) is 57.3 Å². The summed E-state index contributed by atoms with van der Waals surface area (Å²) in [5.41, 5.74) is 0.522. The number of aliphatic hydroxyl groups excluding tert-OH is 1. The molecule has 212 valence electrons. The number of benzene rings is 1. The van der Waals surface area contributed by atoms with Gasteiger partial charge in [0.15, 0.2) is 0 Å². The van der Waals surface area contributed by atoms with Gasteiger partial charge in [-0.15, -0.1) is 0 Å². The van der Waals surface area contributed by atoms with E-state index in [0.29, 0.717) is 37.7 Å². The number of likely N-dealkylation sites (N-methyl/N-ethyl adjacent to an activating group) is 2. The van der Waals surface area contributed by atoms with Crippen LogP contribution in [-0.4, -0.2) is 132 Å². The standard InChI is InChI=1S/C18H27NO5.C9H19NO3/c1-5-22-17-15(19(3)11-16(17)21-4)12-24-14-9-7-13(8-10-14)18(20)23-6-2;1-4-13-9-7(6-11)10(2)5-8(9)12-3/h7-10,15-17H,5-6,11-12H2,1-4H3;7-9,11H,4-6H2,1-3H3/t15-,16-,17-;7-,8-,9-/m11/s1. The predicted octanol–water partition coefficient (Wildman–Crippen LogP) is 1.69. The first-order valence-corrected chi connectivity index (χ1v) is 13.0. The fraction of sp³-hybridized carbons (Fsp3) is 0.741. The van der Waals surface area contributed by atoms with Crippen LogP contribution in [0.3, 0.4) is 0 Å². The molecule has 0 unspecified atom stereocenters. The average Bonchev–Trinajstić information content (AvgIpc) is 3.38. The highest BCUT2D eigenvalue weighted by Crippen LogP contribution is 2.24. The van der Waals surface area contributed by atoms with Crippen LogP contribution >= 0.6 is 0 Å². The van der Waals surface area contributed by atoms with Crippen LogP contribution in [0.15, 0.2) is 24.3 Å². The maximum atomic E-state index is 11.6. The van der Waals surface area contributed by atoms with Crippen molar-refractivity contribution in [3.8, 4) is 5.75 Å². The second kappa shape index (κ2) is 16.2. The van der Waals surface area contributed by atoms with Crippen molar-refractivity contribution < 1.29 is 38.3 Å². The molecule has 0 aliphatic carbocycles. The smallest absolute Gasteiger partial charge is 0.338 e. The summed E-state index contributed by atoms with van der Waals surface area (Å²) in [5, 5.41) is 9.17. The Morgan fingerprint density at radius 1 is 0.865 bits per heavy atom. The molecule has 10 nitrogen and oxygen atoms in total. The summed E-state index contributed by atoms with van der Waals surface area (Å²) in [7, 11) is 7.42. The van der Waals surface area contributed by atoms with Gasteiger partial charge in [-0.2, -0.15) is 0 Å². The first kappa shape index (κ1) is 31.4. The molecule has 1 N–H and O–H groups in total. The zero-order valence-corrected chi connectivity index (χ0v) is 23.4. The van der Waals surface area contributed by atoms with Crippen molar-refractivity contribution in [2.75, 3.05) is 74.4 Å². The molecule has 10 heteroatoms. The second-order valence-electron chi connectivity index (χ2n) is 9.14. The first-order chi connectivity index (χ1) is 17.8. The number of rotatable bonds is 12. The van der Waals surface area contributed by atoms with Crippen LogP contribution < -0.4 is 4.74 Å². The average molecular weight is 527 g/mol. The van der Waals surface area contributed by atoms with Crippen LogP contribution in [0.2, 0.25) is 0 Å². The van der Waals surface area contributed by atoms with Gasteiger partial charge in [0.1, 0.15) is 24.6 Å². The lowest BCUT2D eigenvalue weighted by Gasteiger charge is -2.25. The van der Waals surface area contributed by atoms with Gasteiger partial charge in [-0.1, -0.05) is 0 Å². The molecule has 2 aliphatic heterocycles. The Bertz CT molecular complexity index is 780. The highest BCUT2D eigenvalue weighted by Gasteiger charge is 2.41. The molecule has 0 spiro atoms. The lowest BCUT2D eigenvalue weighted by atomic mass is 10.1. The Labute approximate surface area is 221 Å². The summed E-state index contributed by atoms with van der Waals surface area (Å²) in [6, 6.07) is 7.19. The van der Waals surface area contributed by atoms with Gasteiger partial charge in [0.2, 0.25) is 0 Å². The van der Waals surface area contributed by atoms with Crippen molar-refractivity contribution in [1.29, 1.82) is 0 Å². The van der Waals surface area contributed by atoms with Crippen LogP contribution in [0.1, 0.15) is 31.1 Å². The third-order valence-corrected chi connectivity index (χ3v) is 6.86. The summed E-state index contributed by atoms with van der Waals surface area (Å²) in [4.78, 5) is 15.9. The fourth-order valence-electron chi connectivity index (χ4n) is 4.83. The summed E-state index contributed by atoms with van der Waals surface area (Å²) < 4.78 is 33.1. The number of methoxy groups -OCH3 is 2. The lowest BCUT2D eigenvalue weighted by Crippen LogP contribution is -2.41. The van der Waals surface area contributed by atoms with E-state index in [1.165, 1.54) is 0 Å². The summed E-state index contributed by atoms with van der Waals surface area (Å²) >= 11 is 0. The van der Waals surface area contributed by atoms with Gasteiger partial charge in [0, 0.05) is 40.5 Å². The largest absolute Gasteiger partial charge is 0.492 e. The minimum atomic E-state index is -0.320. The molecule has 0 saturated carbocycles. The fourth-order valence-corrected chi connectivity index (χ4v) is 4.83. The molecule has 0 bridgehead atoms. The normalized spacial score (nSPS) is 28.1. The van der Waals surface area contributed by atoms with Crippen molar-refractivity contribution in [3.63, 3.8) is 0 Å². The molecular weight excluding hydrogens is 480 g/mol. The summed E-state index contributed by atoms with van der Waals surface area (Å²) in [6.45, 7) is 9.67. The van der Waals surface area contributed by atoms with E-state index in [4.69, 9.17) is 33.5 Å². The summed E-state index contributed by atoms with van der Waals surface area (Å²) in [6.07, 6.45) is 0.130. The number of aliphatic hydroxyl groups is 1. The van der Waals surface area contributed by atoms with Crippen molar-refractivity contribution in [1.82, 2.24) is 9.80 Å². The molecule has 37 heavy (non-hydrogen) atoms. The molecule has 2 saturated heterocycles. The Hall–Kier alpha value is -1.79. The quantitative estimate of drug-likeness (QED) is 0.405.